The summed E-state index contributed by atoms with van der Waals surface area (Å²) in [6, 6.07) is 23.4. The molecule has 1 aliphatic carbocycles. The standard InChI is InChI=1S/C26H21N3OS/c30-26(28-14-17-11-12-17)23-15-27-16-29(23)19-6-3-5-18(13-19)20-8-4-9-22-21-7-1-2-10-24(21)31-25(20)22/h1-10,13,15-17H,11-12,14H2,(H,28,30). The Bertz CT molecular complexity index is 1430. The van der Waals surface area contributed by atoms with E-state index in [-0.39, 0.29) is 5.91 Å². The fourth-order valence-corrected chi connectivity index (χ4v) is 5.35. The number of nitrogens with zero attached hydrogens (tertiary/aromatic N) is 2. The van der Waals surface area contributed by atoms with Gasteiger partial charge < -0.3 is 5.32 Å². The van der Waals surface area contributed by atoms with Crippen LogP contribution in [-0.4, -0.2) is 22.0 Å². The lowest BCUT2D eigenvalue weighted by Crippen LogP contribution is -2.27. The van der Waals surface area contributed by atoms with Gasteiger partial charge >= 0.3 is 0 Å². The van der Waals surface area contributed by atoms with E-state index in [1.165, 1.54) is 38.6 Å². The quantitative estimate of drug-likeness (QED) is 0.374. The second kappa shape index (κ2) is 7.36. The fourth-order valence-electron chi connectivity index (χ4n) is 4.12. The largest absolute Gasteiger partial charge is 0.350 e. The Kier molecular flexibility index (Phi) is 4.35. The second-order valence-electron chi connectivity index (χ2n) is 8.13. The Labute approximate surface area is 184 Å². The van der Waals surface area contributed by atoms with Gasteiger partial charge in [-0.25, -0.2) is 4.98 Å². The van der Waals surface area contributed by atoms with Gasteiger partial charge in [-0.2, -0.15) is 0 Å². The first-order valence-corrected chi connectivity index (χ1v) is 11.4. The molecule has 2 aromatic heterocycles. The van der Waals surface area contributed by atoms with E-state index in [1.807, 2.05) is 28.0 Å². The number of carbonyl (C=O) groups excluding carboxylic acids is 1. The summed E-state index contributed by atoms with van der Waals surface area (Å²) >= 11 is 1.83. The Hall–Kier alpha value is -3.44. The van der Waals surface area contributed by atoms with Crippen LogP contribution in [0, 0.1) is 5.92 Å². The molecular formula is C26H21N3OS. The van der Waals surface area contributed by atoms with E-state index < -0.39 is 0 Å². The Morgan fingerprint density at radius 3 is 2.77 bits per heavy atom. The number of imidazole rings is 1. The molecule has 1 aliphatic rings. The van der Waals surface area contributed by atoms with Crippen LogP contribution in [0.4, 0.5) is 0 Å². The molecule has 0 unspecified atom stereocenters. The van der Waals surface area contributed by atoms with Gasteiger partial charge in [-0.1, -0.05) is 48.5 Å². The van der Waals surface area contributed by atoms with Crippen molar-refractivity contribution in [1.82, 2.24) is 14.9 Å². The summed E-state index contributed by atoms with van der Waals surface area (Å²) in [7, 11) is 0. The van der Waals surface area contributed by atoms with Gasteiger partial charge in [0.2, 0.25) is 0 Å². The first-order valence-electron chi connectivity index (χ1n) is 10.6. The topological polar surface area (TPSA) is 46.9 Å². The summed E-state index contributed by atoms with van der Waals surface area (Å²) in [5.41, 5.74) is 3.84. The van der Waals surface area contributed by atoms with Gasteiger partial charge in [0.15, 0.2) is 0 Å². The molecule has 6 rings (SSSR count). The monoisotopic (exact) mass is 423 g/mol. The fraction of sp³-hybridized carbons (Fsp3) is 0.154. The number of carbonyl (C=O) groups is 1. The molecule has 31 heavy (non-hydrogen) atoms. The van der Waals surface area contributed by atoms with Crippen molar-refractivity contribution in [1.29, 1.82) is 0 Å². The molecule has 0 radical (unpaired) electrons. The van der Waals surface area contributed by atoms with Crippen LogP contribution in [0.25, 0.3) is 37.0 Å². The SMILES string of the molecule is O=C(NCC1CC1)c1cncn1-c1cccc(-c2cccc3c2sc2ccccc23)c1. The highest BCUT2D eigenvalue weighted by molar-refractivity contribution is 7.26. The van der Waals surface area contributed by atoms with Crippen LogP contribution < -0.4 is 5.32 Å². The molecule has 0 spiro atoms. The van der Waals surface area contributed by atoms with Gasteiger partial charge in [0.25, 0.3) is 5.91 Å². The molecule has 3 aromatic carbocycles. The zero-order chi connectivity index (χ0) is 20.8. The lowest BCUT2D eigenvalue weighted by atomic mass is 10.0. The smallest absolute Gasteiger partial charge is 0.269 e. The van der Waals surface area contributed by atoms with Gasteiger partial charge in [-0.15, -0.1) is 11.3 Å². The molecule has 1 fully saturated rings. The highest BCUT2D eigenvalue weighted by atomic mass is 32.1. The summed E-state index contributed by atoms with van der Waals surface area (Å²) < 4.78 is 4.45. The van der Waals surface area contributed by atoms with Gasteiger partial charge in [0, 0.05) is 32.4 Å². The van der Waals surface area contributed by atoms with E-state index in [9.17, 15) is 4.79 Å². The number of nitrogens with one attached hydrogen (secondary N) is 1. The summed E-state index contributed by atoms with van der Waals surface area (Å²) in [4.78, 5) is 16.9. The molecule has 0 atom stereocenters. The highest BCUT2D eigenvalue weighted by Crippen LogP contribution is 2.40. The molecule has 0 aliphatic heterocycles. The Balaban J connectivity index is 1.41. The van der Waals surface area contributed by atoms with Gasteiger partial charge in [-0.3, -0.25) is 9.36 Å². The maximum absolute atomic E-state index is 12.7. The average molecular weight is 424 g/mol. The Morgan fingerprint density at radius 1 is 1.03 bits per heavy atom. The molecule has 1 saturated carbocycles. The van der Waals surface area contributed by atoms with E-state index in [0.717, 1.165) is 17.8 Å². The zero-order valence-electron chi connectivity index (χ0n) is 16.9. The van der Waals surface area contributed by atoms with Gasteiger partial charge in [0.05, 0.1) is 12.5 Å². The van der Waals surface area contributed by atoms with Crippen molar-refractivity contribution in [3.63, 3.8) is 0 Å². The first-order chi connectivity index (χ1) is 15.3. The lowest BCUT2D eigenvalue weighted by molar-refractivity contribution is 0.0945. The van der Waals surface area contributed by atoms with E-state index in [2.05, 4.69) is 64.9 Å². The summed E-state index contributed by atoms with van der Waals surface area (Å²) in [5.74, 6) is 0.576. The van der Waals surface area contributed by atoms with Crippen molar-refractivity contribution >= 4 is 37.4 Å². The molecule has 152 valence electrons. The average Bonchev–Trinajstić information content (AvgIpc) is 3.37. The number of aromatic nitrogens is 2. The van der Waals surface area contributed by atoms with E-state index in [4.69, 9.17) is 0 Å². The van der Waals surface area contributed by atoms with Crippen LogP contribution in [0.5, 0.6) is 0 Å². The Morgan fingerprint density at radius 2 is 1.87 bits per heavy atom. The molecule has 5 heteroatoms. The number of amides is 1. The molecule has 1 amide bonds. The van der Waals surface area contributed by atoms with Gasteiger partial charge in [0.1, 0.15) is 5.69 Å². The molecule has 4 nitrogen and oxygen atoms in total. The lowest BCUT2D eigenvalue weighted by Gasteiger charge is -2.11. The van der Waals surface area contributed by atoms with Gasteiger partial charge in [-0.05, 0) is 48.1 Å². The van der Waals surface area contributed by atoms with Crippen LogP contribution in [0.1, 0.15) is 23.3 Å². The third kappa shape index (κ3) is 3.31. The minimum Gasteiger partial charge on any atom is -0.350 e. The minimum atomic E-state index is -0.0681. The number of fused-ring (bicyclic) bond motifs is 3. The van der Waals surface area contributed by atoms with Crippen molar-refractivity contribution in [3.05, 3.63) is 84.9 Å². The predicted molar refractivity (Wildman–Crippen MR) is 127 cm³/mol. The van der Waals surface area contributed by atoms with Crippen LogP contribution >= 0.6 is 11.3 Å². The second-order valence-corrected chi connectivity index (χ2v) is 9.19. The van der Waals surface area contributed by atoms with Crippen molar-refractivity contribution in [3.8, 4) is 16.8 Å². The predicted octanol–water partition coefficient (Wildman–Crippen LogP) is 6.05. The van der Waals surface area contributed by atoms with Crippen LogP contribution in [0.2, 0.25) is 0 Å². The number of hydrogen-bond donors (Lipinski definition) is 1. The maximum Gasteiger partial charge on any atom is 0.269 e. The number of benzene rings is 3. The molecule has 1 N–H and O–H groups in total. The van der Waals surface area contributed by atoms with Crippen molar-refractivity contribution in [2.75, 3.05) is 6.54 Å². The van der Waals surface area contributed by atoms with Crippen molar-refractivity contribution < 1.29 is 4.79 Å². The van der Waals surface area contributed by atoms with Crippen LogP contribution in [0.15, 0.2) is 79.3 Å². The number of thiophene rings is 1. The molecule has 2 heterocycles. The molecule has 0 saturated heterocycles. The maximum atomic E-state index is 12.7. The third-order valence-electron chi connectivity index (χ3n) is 5.96. The molecule has 0 bridgehead atoms. The first kappa shape index (κ1) is 18.3. The van der Waals surface area contributed by atoms with E-state index in [0.29, 0.717) is 11.6 Å². The van der Waals surface area contributed by atoms with E-state index in [1.54, 1.807) is 12.5 Å². The third-order valence-corrected chi connectivity index (χ3v) is 7.18. The minimum absolute atomic E-state index is 0.0681. The van der Waals surface area contributed by atoms with Crippen LogP contribution in [-0.2, 0) is 0 Å². The summed E-state index contributed by atoms with van der Waals surface area (Å²) in [6.07, 6.45) is 5.78. The number of hydrogen-bond acceptors (Lipinski definition) is 3. The normalized spacial score (nSPS) is 13.7. The number of rotatable bonds is 5. The van der Waals surface area contributed by atoms with E-state index >= 15 is 0 Å². The highest BCUT2D eigenvalue weighted by Gasteiger charge is 2.23. The summed E-state index contributed by atoms with van der Waals surface area (Å²) in [5, 5.41) is 5.62. The summed E-state index contributed by atoms with van der Waals surface area (Å²) in [6.45, 7) is 0.748. The van der Waals surface area contributed by atoms with Crippen molar-refractivity contribution in [2.24, 2.45) is 5.92 Å². The van der Waals surface area contributed by atoms with Crippen molar-refractivity contribution in [2.45, 2.75) is 12.8 Å². The zero-order valence-corrected chi connectivity index (χ0v) is 17.7. The molecular weight excluding hydrogens is 402 g/mol. The molecule has 5 aromatic rings. The van der Waals surface area contributed by atoms with Crippen LogP contribution in [0.3, 0.4) is 0 Å².